The zero-order valence-electron chi connectivity index (χ0n) is 16.6. The van der Waals surface area contributed by atoms with Crippen molar-refractivity contribution in [2.45, 2.75) is 19.1 Å². The number of aliphatic hydroxyl groups is 1. The second-order valence-electron chi connectivity index (χ2n) is 7.14. The molecule has 1 fully saturated rings. The van der Waals surface area contributed by atoms with Crippen molar-refractivity contribution in [1.82, 2.24) is 15.7 Å². The predicted molar refractivity (Wildman–Crippen MR) is 110 cm³/mol. The summed E-state index contributed by atoms with van der Waals surface area (Å²) in [7, 11) is 0. The van der Waals surface area contributed by atoms with Crippen LogP contribution in [-0.2, 0) is 4.79 Å². The Morgan fingerprint density at radius 1 is 1.03 bits per heavy atom. The number of amides is 3. The number of nitrogens with zero attached hydrogens (tertiary/aromatic N) is 2. The third-order valence-corrected chi connectivity index (χ3v) is 5.14. The summed E-state index contributed by atoms with van der Waals surface area (Å²) in [6.07, 6.45) is -1.16. The van der Waals surface area contributed by atoms with E-state index in [1.54, 1.807) is 23.1 Å². The maximum Gasteiger partial charge on any atom is 0.318 e. The fourth-order valence-corrected chi connectivity index (χ4v) is 3.41. The standard InChI is InChI=1S/C21H25FN4O4/c1-14(27)19(20(28)24-30)23-21(29)26-12-10-25(11-13-26)16-8-6-15(7-9-16)17-4-2-3-5-18(17)22/h2-9,14,19,27,30H,10-13H2,1H3,(H,23,29)(H,24,28)/t14-,19+/m0/s1. The van der Waals surface area contributed by atoms with Crippen LogP contribution in [0.5, 0.6) is 0 Å². The number of aliphatic hydroxyl groups excluding tert-OH is 1. The molecular formula is C21H25FN4O4. The Labute approximate surface area is 173 Å². The van der Waals surface area contributed by atoms with Crippen molar-refractivity contribution in [2.75, 3.05) is 31.1 Å². The largest absolute Gasteiger partial charge is 0.391 e. The first kappa shape index (κ1) is 21.5. The molecule has 8 nitrogen and oxygen atoms in total. The van der Waals surface area contributed by atoms with Crippen molar-refractivity contribution in [3.8, 4) is 11.1 Å². The van der Waals surface area contributed by atoms with Crippen LogP contribution in [-0.4, -0.2) is 65.5 Å². The van der Waals surface area contributed by atoms with E-state index in [1.165, 1.54) is 18.5 Å². The smallest absolute Gasteiger partial charge is 0.318 e. The maximum atomic E-state index is 14.0. The minimum atomic E-state index is -1.24. The number of piperazine rings is 1. The first-order chi connectivity index (χ1) is 14.4. The van der Waals surface area contributed by atoms with Crippen LogP contribution >= 0.6 is 0 Å². The molecule has 0 spiro atoms. The highest BCUT2D eigenvalue weighted by molar-refractivity contribution is 5.87. The van der Waals surface area contributed by atoms with Crippen LogP contribution in [0, 0.1) is 5.82 Å². The molecule has 160 valence electrons. The molecule has 4 N–H and O–H groups in total. The molecule has 2 aromatic rings. The number of urea groups is 1. The van der Waals surface area contributed by atoms with Gasteiger partial charge >= 0.3 is 6.03 Å². The molecule has 0 saturated carbocycles. The molecule has 2 atom stereocenters. The molecule has 1 heterocycles. The molecule has 2 aromatic carbocycles. The number of halogens is 1. The zero-order valence-corrected chi connectivity index (χ0v) is 16.6. The molecule has 0 radical (unpaired) electrons. The fourth-order valence-electron chi connectivity index (χ4n) is 3.41. The van der Waals surface area contributed by atoms with E-state index < -0.39 is 24.1 Å². The quantitative estimate of drug-likeness (QED) is 0.438. The molecule has 1 aliphatic rings. The van der Waals surface area contributed by atoms with E-state index in [2.05, 4.69) is 10.2 Å². The Kier molecular flexibility index (Phi) is 6.86. The lowest BCUT2D eigenvalue weighted by atomic mass is 10.0. The Balaban J connectivity index is 1.58. The highest BCUT2D eigenvalue weighted by atomic mass is 19.1. The first-order valence-corrected chi connectivity index (χ1v) is 9.68. The van der Waals surface area contributed by atoms with E-state index in [1.807, 2.05) is 24.3 Å². The lowest BCUT2D eigenvalue weighted by Gasteiger charge is -2.36. The Morgan fingerprint density at radius 3 is 2.23 bits per heavy atom. The number of carbonyl (C=O) groups excluding carboxylic acids is 2. The average molecular weight is 416 g/mol. The summed E-state index contributed by atoms with van der Waals surface area (Å²) in [5.41, 5.74) is 3.75. The molecule has 30 heavy (non-hydrogen) atoms. The summed E-state index contributed by atoms with van der Waals surface area (Å²) < 4.78 is 14.0. The molecule has 0 unspecified atom stereocenters. The van der Waals surface area contributed by atoms with Crippen LogP contribution < -0.4 is 15.7 Å². The van der Waals surface area contributed by atoms with Crippen molar-refractivity contribution in [3.63, 3.8) is 0 Å². The number of rotatable bonds is 5. The molecule has 0 aromatic heterocycles. The second kappa shape index (κ2) is 9.55. The van der Waals surface area contributed by atoms with Gasteiger partial charge in [0.1, 0.15) is 11.9 Å². The molecular weight excluding hydrogens is 391 g/mol. The van der Waals surface area contributed by atoms with Crippen LogP contribution in [0.1, 0.15) is 6.92 Å². The highest BCUT2D eigenvalue weighted by Crippen LogP contribution is 2.26. The number of hydrogen-bond acceptors (Lipinski definition) is 5. The van der Waals surface area contributed by atoms with Crippen LogP contribution in [0.2, 0.25) is 0 Å². The van der Waals surface area contributed by atoms with Crippen molar-refractivity contribution >= 4 is 17.6 Å². The summed E-state index contributed by atoms with van der Waals surface area (Å²) in [6.45, 7) is 3.36. The van der Waals surface area contributed by atoms with Crippen molar-refractivity contribution in [1.29, 1.82) is 0 Å². The lowest BCUT2D eigenvalue weighted by Crippen LogP contribution is -2.58. The minimum absolute atomic E-state index is 0.268. The number of anilines is 1. The van der Waals surface area contributed by atoms with E-state index in [-0.39, 0.29) is 5.82 Å². The normalized spacial score (nSPS) is 16.0. The summed E-state index contributed by atoms with van der Waals surface area (Å²) in [4.78, 5) is 27.6. The molecule has 1 aliphatic heterocycles. The van der Waals surface area contributed by atoms with Crippen molar-refractivity contribution in [3.05, 3.63) is 54.3 Å². The van der Waals surface area contributed by atoms with Gasteiger partial charge in [-0.05, 0) is 30.7 Å². The minimum Gasteiger partial charge on any atom is -0.391 e. The van der Waals surface area contributed by atoms with Gasteiger partial charge in [-0.2, -0.15) is 0 Å². The van der Waals surface area contributed by atoms with Gasteiger partial charge in [-0.15, -0.1) is 0 Å². The zero-order chi connectivity index (χ0) is 21.7. The van der Waals surface area contributed by atoms with Crippen molar-refractivity contribution in [2.24, 2.45) is 0 Å². The van der Waals surface area contributed by atoms with Crippen LogP contribution in [0.4, 0.5) is 14.9 Å². The third kappa shape index (κ3) is 4.87. The number of hydrogen-bond donors (Lipinski definition) is 4. The van der Waals surface area contributed by atoms with Gasteiger partial charge in [-0.3, -0.25) is 10.0 Å². The van der Waals surface area contributed by atoms with Gasteiger partial charge in [-0.25, -0.2) is 14.7 Å². The lowest BCUT2D eigenvalue weighted by molar-refractivity contribution is -0.133. The van der Waals surface area contributed by atoms with Gasteiger partial charge < -0.3 is 20.2 Å². The Morgan fingerprint density at radius 2 is 1.67 bits per heavy atom. The van der Waals surface area contributed by atoms with Crippen molar-refractivity contribution < 1.29 is 24.3 Å². The molecule has 0 bridgehead atoms. The summed E-state index contributed by atoms with van der Waals surface area (Å²) in [6, 6.07) is 12.5. The number of nitrogens with one attached hydrogen (secondary N) is 2. The van der Waals surface area contributed by atoms with Gasteiger partial charge in [0.2, 0.25) is 0 Å². The van der Waals surface area contributed by atoms with Gasteiger partial charge in [0.05, 0.1) is 6.10 Å². The van der Waals surface area contributed by atoms with Crippen LogP contribution in [0.3, 0.4) is 0 Å². The molecule has 0 aliphatic carbocycles. The second-order valence-corrected chi connectivity index (χ2v) is 7.14. The van der Waals surface area contributed by atoms with E-state index >= 15 is 0 Å². The van der Waals surface area contributed by atoms with Gasteiger partial charge in [0.25, 0.3) is 5.91 Å². The first-order valence-electron chi connectivity index (χ1n) is 9.68. The van der Waals surface area contributed by atoms with Crippen LogP contribution in [0.25, 0.3) is 11.1 Å². The molecule has 1 saturated heterocycles. The van der Waals surface area contributed by atoms with E-state index in [4.69, 9.17) is 5.21 Å². The number of carbonyl (C=O) groups is 2. The highest BCUT2D eigenvalue weighted by Gasteiger charge is 2.29. The van der Waals surface area contributed by atoms with E-state index in [9.17, 15) is 19.1 Å². The summed E-state index contributed by atoms with van der Waals surface area (Å²) in [5, 5.41) is 20.8. The van der Waals surface area contributed by atoms with Gasteiger partial charge in [0, 0.05) is 37.4 Å². The summed E-state index contributed by atoms with van der Waals surface area (Å²) >= 11 is 0. The topological polar surface area (TPSA) is 105 Å². The van der Waals surface area contributed by atoms with E-state index in [0.717, 1.165) is 11.3 Å². The monoisotopic (exact) mass is 416 g/mol. The number of hydroxylamine groups is 1. The summed E-state index contributed by atoms with van der Waals surface area (Å²) in [5.74, 6) is -1.15. The third-order valence-electron chi connectivity index (χ3n) is 5.14. The predicted octanol–water partition coefficient (Wildman–Crippen LogP) is 1.58. The maximum absolute atomic E-state index is 14.0. The fraction of sp³-hybridized carbons (Fsp3) is 0.333. The average Bonchev–Trinajstić information content (AvgIpc) is 2.77. The van der Waals surface area contributed by atoms with Gasteiger partial charge in [0.15, 0.2) is 0 Å². The molecule has 9 heteroatoms. The van der Waals surface area contributed by atoms with Gasteiger partial charge in [-0.1, -0.05) is 30.3 Å². The molecule has 3 amide bonds. The van der Waals surface area contributed by atoms with E-state index in [0.29, 0.717) is 31.7 Å². The Bertz CT molecular complexity index is 883. The van der Waals surface area contributed by atoms with Crippen LogP contribution in [0.15, 0.2) is 48.5 Å². The Hall–Kier alpha value is -3.17. The SMILES string of the molecule is C[C@H](O)[C@@H](NC(=O)N1CCN(c2ccc(-c3ccccc3F)cc2)CC1)C(=O)NO. The molecule has 3 rings (SSSR count). The number of benzene rings is 2.